The average molecular weight is 1050 g/mol. The van der Waals surface area contributed by atoms with Crippen molar-refractivity contribution in [2.75, 3.05) is 0 Å². The van der Waals surface area contributed by atoms with E-state index in [9.17, 15) is 0 Å². The Morgan fingerprint density at radius 1 is 0.303 bits per heavy atom. The number of nitrogens with zero attached hydrogens (tertiary/aromatic N) is 9. The standard InChI is InChI=1S/C23H41N3.C22H43N3.C22H39N3/c1-22(2,3)17-15-13-11-9-7-8-10-12-14-16-18-26-20-21(24-25-26)19-23(4,5)6;2*1-21(2,3)16-14-12-10-8-7-9-11-13-15-17-25-19-20(23-24-25)18-22(4,5)6/h20H,7-14,16,18-19H2,1-6H3;19H,7-18H2,1-6H3;19H,7-13,15,17-18H2,1-6H3. The summed E-state index contributed by atoms with van der Waals surface area (Å²) in [5.74, 6) is 13.2. The highest BCUT2D eigenvalue weighted by atomic mass is 15.4. The zero-order chi connectivity index (χ0) is 57.0. The largest absolute Gasteiger partial charge is 0.252 e. The third-order valence-corrected chi connectivity index (χ3v) is 12.8. The summed E-state index contributed by atoms with van der Waals surface area (Å²) in [5, 5.41) is 25.6. The molecule has 0 amide bonds. The van der Waals surface area contributed by atoms with Gasteiger partial charge >= 0.3 is 0 Å². The molecule has 0 saturated carbocycles. The number of hydrogen-bond donors (Lipinski definition) is 0. The van der Waals surface area contributed by atoms with Gasteiger partial charge in [-0.15, -0.1) is 27.1 Å². The van der Waals surface area contributed by atoms with E-state index in [1.54, 1.807) is 0 Å². The molecule has 0 aromatic carbocycles. The molecule has 0 unspecified atom stereocenters. The molecule has 76 heavy (non-hydrogen) atoms. The molecule has 436 valence electrons. The van der Waals surface area contributed by atoms with E-state index in [1.807, 2.05) is 14.0 Å². The van der Waals surface area contributed by atoms with Crippen LogP contribution in [0.3, 0.4) is 0 Å². The quantitative estimate of drug-likeness (QED) is 0.0446. The molecule has 3 heterocycles. The van der Waals surface area contributed by atoms with Crippen molar-refractivity contribution in [2.24, 2.45) is 32.5 Å². The zero-order valence-electron chi connectivity index (χ0n) is 53.6. The highest BCUT2D eigenvalue weighted by molar-refractivity contribution is 5.07. The molecule has 9 heteroatoms. The van der Waals surface area contributed by atoms with Gasteiger partial charge in [-0.25, -0.2) is 0 Å². The summed E-state index contributed by atoms with van der Waals surface area (Å²) in [6, 6.07) is 0. The van der Waals surface area contributed by atoms with E-state index in [2.05, 4.69) is 198 Å². The van der Waals surface area contributed by atoms with Crippen LogP contribution in [0.1, 0.15) is 315 Å². The maximum Gasteiger partial charge on any atom is 0.0832 e. The van der Waals surface area contributed by atoms with Crippen molar-refractivity contribution in [1.29, 1.82) is 0 Å². The van der Waals surface area contributed by atoms with Crippen LogP contribution in [0.2, 0.25) is 0 Å². The van der Waals surface area contributed by atoms with E-state index in [1.165, 1.54) is 161 Å². The first-order chi connectivity index (χ1) is 35.5. The van der Waals surface area contributed by atoms with Crippen molar-refractivity contribution in [1.82, 2.24) is 45.0 Å². The summed E-state index contributed by atoms with van der Waals surface area (Å²) in [6.45, 7) is 43.3. The maximum atomic E-state index is 4.29. The van der Waals surface area contributed by atoms with Gasteiger partial charge in [-0.05, 0) is 121 Å². The van der Waals surface area contributed by atoms with E-state index in [0.29, 0.717) is 5.41 Å². The Hall–Kier alpha value is -3.46. The number of rotatable bonds is 33. The molecule has 3 aromatic heterocycles. The first-order valence-electron chi connectivity index (χ1n) is 31.1. The highest BCUT2D eigenvalue weighted by Crippen LogP contribution is 2.24. The molecule has 0 aliphatic heterocycles. The molecule has 0 N–H and O–H groups in total. The fraction of sp³-hybridized carbons (Fsp3) is 0.851. The molecule has 0 saturated heterocycles. The highest BCUT2D eigenvalue weighted by Gasteiger charge is 2.16. The fourth-order valence-corrected chi connectivity index (χ4v) is 8.96. The van der Waals surface area contributed by atoms with Crippen LogP contribution in [-0.4, -0.2) is 45.0 Å². The lowest BCUT2D eigenvalue weighted by Crippen LogP contribution is -2.09. The molecule has 3 rings (SSSR count). The summed E-state index contributed by atoms with van der Waals surface area (Å²) < 4.78 is 6.05. The van der Waals surface area contributed by atoms with Gasteiger partial charge in [0, 0.05) is 61.9 Å². The first-order valence-corrected chi connectivity index (χ1v) is 31.1. The van der Waals surface area contributed by atoms with E-state index < -0.39 is 0 Å². The third kappa shape index (κ3) is 47.7. The molecule has 9 nitrogen and oxygen atoms in total. The Balaban J connectivity index is 0.000000570. The summed E-state index contributed by atoms with van der Waals surface area (Å²) in [6.07, 6.45) is 44.8. The molecule has 0 spiro atoms. The summed E-state index contributed by atoms with van der Waals surface area (Å²) in [7, 11) is 0. The molecular weight excluding hydrogens is 931 g/mol. The van der Waals surface area contributed by atoms with E-state index in [4.69, 9.17) is 0 Å². The Kier molecular flexibility index (Phi) is 35.5. The Labute approximate surface area is 471 Å². The number of unbranched alkanes of at least 4 members (excludes halogenated alkanes) is 23. The Morgan fingerprint density at radius 3 is 0.776 bits per heavy atom. The van der Waals surface area contributed by atoms with E-state index in [-0.39, 0.29) is 27.1 Å². The molecular formula is C67H123N9. The summed E-state index contributed by atoms with van der Waals surface area (Å²) >= 11 is 0. The topological polar surface area (TPSA) is 92.1 Å². The van der Waals surface area contributed by atoms with Crippen molar-refractivity contribution < 1.29 is 0 Å². The van der Waals surface area contributed by atoms with Crippen LogP contribution in [0.25, 0.3) is 0 Å². The Morgan fingerprint density at radius 2 is 0.539 bits per heavy atom. The average Bonchev–Trinajstić information content (AvgIpc) is 4.04. The van der Waals surface area contributed by atoms with Crippen LogP contribution in [0.4, 0.5) is 0 Å². The van der Waals surface area contributed by atoms with Crippen molar-refractivity contribution in [2.45, 2.75) is 337 Å². The van der Waals surface area contributed by atoms with Crippen LogP contribution in [0.5, 0.6) is 0 Å². The lowest BCUT2D eigenvalue weighted by atomic mass is 9.89. The lowest BCUT2D eigenvalue weighted by Gasteiger charge is -2.17. The molecule has 0 atom stereocenters. The van der Waals surface area contributed by atoms with Gasteiger partial charge in [0.2, 0.25) is 0 Å². The SMILES string of the molecule is CC(C)(C)C#CCCCCCCCCCCn1cc(CC(C)(C)C)nn1.CC(C)(C)C#CCCCCCCCCCn1cc(CC(C)(C)C)nn1.CC(C)(C)CCCCCCCCCCCn1cc(CC(C)(C)C)nn1. The van der Waals surface area contributed by atoms with Gasteiger partial charge in [-0.2, -0.15) is 0 Å². The van der Waals surface area contributed by atoms with Gasteiger partial charge in [0.05, 0.1) is 17.1 Å². The number of aromatic nitrogens is 9. The van der Waals surface area contributed by atoms with Crippen molar-refractivity contribution in [3.05, 3.63) is 35.7 Å². The second kappa shape index (κ2) is 38.2. The van der Waals surface area contributed by atoms with Gasteiger partial charge in [0.15, 0.2) is 0 Å². The van der Waals surface area contributed by atoms with Gasteiger partial charge in [-0.3, -0.25) is 14.0 Å². The molecule has 0 fully saturated rings. The maximum absolute atomic E-state index is 4.29. The smallest absolute Gasteiger partial charge is 0.0832 e. The van der Waals surface area contributed by atoms with Crippen LogP contribution >= 0.6 is 0 Å². The van der Waals surface area contributed by atoms with Crippen LogP contribution in [0.15, 0.2) is 18.6 Å². The van der Waals surface area contributed by atoms with E-state index >= 15 is 0 Å². The van der Waals surface area contributed by atoms with Crippen molar-refractivity contribution in [3.63, 3.8) is 0 Å². The normalized spacial score (nSPS) is 12.3. The summed E-state index contributed by atoms with van der Waals surface area (Å²) in [5.41, 5.74) is 5.01. The zero-order valence-corrected chi connectivity index (χ0v) is 53.6. The number of hydrogen-bond acceptors (Lipinski definition) is 6. The van der Waals surface area contributed by atoms with Crippen LogP contribution in [-0.2, 0) is 38.9 Å². The fourth-order valence-electron chi connectivity index (χ4n) is 8.96. The molecule has 0 aliphatic rings. The minimum atomic E-state index is 0.150. The molecule has 0 bridgehead atoms. The number of aryl methyl sites for hydroxylation is 3. The first kappa shape index (κ1) is 70.6. The molecule has 0 radical (unpaired) electrons. The van der Waals surface area contributed by atoms with Crippen LogP contribution in [0, 0.1) is 56.2 Å². The predicted octanol–water partition coefficient (Wildman–Crippen LogP) is 19.3. The second-order valence-electron chi connectivity index (χ2n) is 29.5. The van der Waals surface area contributed by atoms with Gasteiger partial charge in [-0.1, -0.05) is 233 Å². The van der Waals surface area contributed by atoms with Gasteiger partial charge in [0.25, 0.3) is 0 Å². The molecule has 3 aromatic rings. The monoisotopic (exact) mass is 1050 g/mol. The third-order valence-electron chi connectivity index (χ3n) is 12.8. The Bertz CT molecular complexity index is 1980. The van der Waals surface area contributed by atoms with Gasteiger partial charge in [0.1, 0.15) is 0 Å². The summed E-state index contributed by atoms with van der Waals surface area (Å²) in [4.78, 5) is 0. The molecule has 0 aliphatic carbocycles. The second-order valence-corrected chi connectivity index (χ2v) is 29.5. The van der Waals surface area contributed by atoms with Crippen molar-refractivity contribution in [3.8, 4) is 23.7 Å². The predicted molar refractivity (Wildman–Crippen MR) is 328 cm³/mol. The minimum absolute atomic E-state index is 0.150. The van der Waals surface area contributed by atoms with Crippen LogP contribution < -0.4 is 0 Å². The van der Waals surface area contributed by atoms with Crippen molar-refractivity contribution >= 4 is 0 Å². The van der Waals surface area contributed by atoms with E-state index in [0.717, 1.165) is 68.8 Å². The lowest BCUT2D eigenvalue weighted by molar-refractivity contribution is 0.356. The minimum Gasteiger partial charge on any atom is -0.252 e. The van der Waals surface area contributed by atoms with Gasteiger partial charge < -0.3 is 0 Å².